The maximum absolute atomic E-state index is 10.6. The zero-order valence-corrected chi connectivity index (χ0v) is 12.8. The molecule has 1 N–H and O–H groups in total. The van der Waals surface area contributed by atoms with Crippen LogP contribution in [0.1, 0.15) is 36.5 Å². The number of hydrogen-bond donors (Lipinski definition) is 1. The van der Waals surface area contributed by atoms with Gasteiger partial charge in [-0.3, -0.25) is 0 Å². The van der Waals surface area contributed by atoms with Crippen LogP contribution in [0.15, 0.2) is 30.3 Å². The van der Waals surface area contributed by atoms with Crippen LogP contribution in [0.5, 0.6) is 5.75 Å². The number of aromatic hydroxyl groups is 1. The first kappa shape index (κ1) is 13.6. The number of aryl methyl sites for hydroxylation is 1. The molecule has 3 aromatic rings. The summed E-state index contributed by atoms with van der Waals surface area (Å²) >= 11 is 0. The van der Waals surface area contributed by atoms with Gasteiger partial charge >= 0.3 is 0 Å². The first-order chi connectivity index (χ1) is 9.99. The molecule has 0 fully saturated rings. The third kappa shape index (κ3) is 2.17. The Morgan fingerprint density at radius 2 is 1.62 bits per heavy atom. The van der Waals surface area contributed by atoms with Gasteiger partial charge < -0.3 is 5.11 Å². The number of aromatic nitrogens is 3. The Kier molecular flexibility index (Phi) is 3.16. The topological polar surface area (TPSA) is 50.9 Å². The minimum absolute atomic E-state index is 0.244. The monoisotopic (exact) mass is 281 g/mol. The fourth-order valence-electron chi connectivity index (χ4n) is 2.74. The van der Waals surface area contributed by atoms with Crippen LogP contribution in [0.25, 0.3) is 16.7 Å². The molecule has 1 heterocycles. The molecule has 0 amide bonds. The van der Waals surface area contributed by atoms with Gasteiger partial charge in [0.2, 0.25) is 0 Å². The third-order valence-electron chi connectivity index (χ3n) is 3.93. The van der Waals surface area contributed by atoms with E-state index >= 15 is 0 Å². The second-order valence-corrected chi connectivity index (χ2v) is 5.73. The molecule has 3 rings (SSSR count). The molecule has 0 saturated heterocycles. The first-order valence-electron chi connectivity index (χ1n) is 7.14. The van der Waals surface area contributed by atoms with Crippen molar-refractivity contribution in [1.29, 1.82) is 0 Å². The third-order valence-corrected chi connectivity index (χ3v) is 3.93. The number of nitrogens with zero attached hydrogens (tertiary/aromatic N) is 3. The number of fused-ring (bicyclic) bond motifs is 1. The summed E-state index contributed by atoms with van der Waals surface area (Å²) in [6.45, 7) is 8.26. The van der Waals surface area contributed by atoms with Crippen molar-refractivity contribution >= 4 is 11.0 Å². The van der Waals surface area contributed by atoms with Crippen LogP contribution in [0.3, 0.4) is 0 Å². The Balaban J connectivity index is 2.27. The van der Waals surface area contributed by atoms with E-state index in [1.54, 1.807) is 0 Å². The van der Waals surface area contributed by atoms with Crippen LogP contribution >= 0.6 is 0 Å². The molecular weight excluding hydrogens is 262 g/mol. The van der Waals surface area contributed by atoms with Gasteiger partial charge in [0.25, 0.3) is 0 Å². The minimum Gasteiger partial charge on any atom is -0.505 e. The Hall–Kier alpha value is -2.36. The fourth-order valence-corrected chi connectivity index (χ4v) is 2.74. The van der Waals surface area contributed by atoms with Crippen LogP contribution in [0.2, 0.25) is 0 Å². The molecule has 0 aliphatic heterocycles. The molecule has 108 valence electrons. The molecule has 4 heteroatoms. The molecule has 0 unspecified atom stereocenters. The van der Waals surface area contributed by atoms with Crippen molar-refractivity contribution in [3.8, 4) is 11.4 Å². The van der Waals surface area contributed by atoms with Gasteiger partial charge in [0.05, 0.1) is 0 Å². The normalized spacial score (nSPS) is 11.5. The predicted octanol–water partition coefficient (Wildman–Crippen LogP) is 3.87. The van der Waals surface area contributed by atoms with Crippen LogP contribution in [-0.4, -0.2) is 20.1 Å². The quantitative estimate of drug-likeness (QED) is 0.776. The van der Waals surface area contributed by atoms with E-state index in [4.69, 9.17) is 0 Å². The van der Waals surface area contributed by atoms with Crippen molar-refractivity contribution in [2.24, 2.45) is 0 Å². The van der Waals surface area contributed by atoms with Gasteiger partial charge in [0, 0.05) is 5.56 Å². The maximum Gasteiger partial charge on any atom is 0.146 e. The number of phenolic OH excluding ortho intramolecular Hbond substituents is 1. The van der Waals surface area contributed by atoms with Crippen LogP contribution < -0.4 is 0 Å². The Morgan fingerprint density at radius 3 is 2.14 bits per heavy atom. The molecule has 0 spiro atoms. The second-order valence-electron chi connectivity index (χ2n) is 5.73. The summed E-state index contributed by atoms with van der Waals surface area (Å²) in [5, 5.41) is 19.6. The molecule has 0 bridgehead atoms. The molecule has 21 heavy (non-hydrogen) atoms. The van der Waals surface area contributed by atoms with E-state index in [2.05, 4.69) is 24.0 Å². The van der Waals surface area contributed by atoms with Crippen LogP contribution in [0, 0.1) is 13.8 Å². The minimum atomic E-state index is 0.244. The van der Waals surface area contributed by atoms with Gasteiger partial charge in [0.15, 0.2) is 0 Å². The highest BCUT2D eigenvalue weighted by atomic mass is 16.3. The van der Waals surface area contributed by atoms with Gasteiger partial charge in [-0.2, -0.15) is 0 Å². The van der Waals surface area contributed by atoms with E-state index in [0.717, 1.165) is 27.7 Å². The molecule has 0 saturated carbocycles. The lowest BCUT2D eigenvalue weighted by Gasteiger charge is -2.17. The fraction of sp³-hybridized carbons (Fsp3) is 0.294. The largest absolute Gasteiger partial charge is 0.505 e. The van der Waals surface area contributed by atoms with Crippen molar-refractivity contribution in [2.45, 2.75) is 33.6 Å². The summed E-state index contributed by atoms with van der Waals surface area (Å²) in [6, 6.07) is 9.64. The number of hydrogen-bond acceptors (Lipinski definition) is 3. The predicted molar refractivity (Wildman–Crippen MR) is 84.1 cm³/mol. The highest BCUT2D eigenvalue weighted by Crippen LogP contribution is 2.35. The van der Waals surface area contributed by atoms with Gasteiger partial charge in [0.1, 0.15) is 22.5 Å². The first-order valence-corrected chi connectivity index (χ1v) is 7.14. The zero-order chi connectivity index (χ0) is 15.1. The van der Waals surface area contributed by atoms with E-state index in [1.807, 2.05) is 44.2 Å². The van der Waals surface area contributed by atoms with Crippen LogP contribution in [0.4, 0.5) is 0 Å². The average molecular weight is 281 g/mol. The Labute approximate surface area is 124 Å². The van der Waals surface area contributed by atoms with E-state index in [9.17, 15) is 5.11 Å². The van der Waals surface area contributed by atoms with Gasteiger partial charge in [-0.05, 0) is 49.1 Å². The summed E-state index contributed by atoms with van der Waals surface area (Å²) in [5.41, 5.74) is 5.50. The van der Waals surface area contributed by atoms with Crippen molar-refractivity contribution in [1.82, 2.24) is 15.0 Å². The number of phenols is 1. The van der Waals surface area contributed by atoms with Crippen molar-refractivity contribution < 1.29 is 5.11 Å². The second kappa shape index (κ2) is 4.88. The summed E-state index contributed by atoms with van der Waals surface area (Å²) < 4.78 is 0. The molecule has 0 aliphatic carbocycles. The van der Waals surface area contributed by atoms with E-state index in [0.29, 0.717) is 5.69 Å². The lowest BCUT2D eigenvalue weighted by molar-refractivity contribution is 0.456. The highest BCUT2D eigenvalue weighted by Gasteiger charge is 2.18. The SMILES string of the molecule is Cc1cc(-n2nc3ccccc3n2)c(O)c(C(C)C)c1C. The van der Waals surface area contributed by atoms with Gasteiger partial charge in [-0.15, -0.1) is 15.0 Å². The van der Waals surface area contributed by atoms with E-state index < -0.39 is 0 Å². The smallest absolute Gasteiger partial charge is 0.146 e. The van der Waals surface area contributed by atoms with E-state index in [1.165, 1.54) is 4.80 Å². The van der Waals surface area contributed by atoms with Crippen molar-refractivity contribution in [2.75, 3.05) is 0 Å². The molecular formula is C17H19N3O. The lowest BCUT2D eigenvalue weighted by Crippen LogP contribution is -2.04. The Morgan fingerprint density at radius 1 is 1.05 bits per heavy atom. The standard InChI is InChI=1S/C17H19N3O/c1-10(2)16-12(4)11(3)9-15(17(16)21)20-18-13-7-5-6-8-14(13)19-20/h5-10,21H,1-4H3. The summed E-state index contributed by atoms with van der Waals surface area (Å²) in [6.07, 6.45) is 0. The zero-order valence-electron chi connectivity index (χ0n) is 12.8. The highest BCUT2D eigenvalue weighted by molar-refractivity contribution is 5.74. The van der Waals surface area contributed by atoms with Crippen molar-refractivity contribution in [3.63, 3.8) is 0 Å². The van der Waals surface area contributed by atoms with Crippen molar-refractivity contribution in [3.05, 3.63) is 47.0 Å². The Bertz CT molecular complexity index is 785. The van der Waals surface area contributed by atoms with Gasteiger partial charge in [-0.1, -0.05) is 26.0 Å². The van der Waals surface area contributed by atoms with Crippen LogP contribution in [-0.2, 0) is 0 Å². The molecule has 0 aliphatic rings. The summed E-state index contributed by atoms with van der Waals surface area (Å²) in [5.74, 6) is 0.516. The summed E-state index contributed by atoms with van der Waals surface area (Å²) in [7, 11) is 0. The number of rotatable bonds is 2. The van der Waals surface area contributed by atoms with E-state index in [-0.39, 0.29) is 11.7 Å². The molecule has 4 nitrogen and oxygen atoms in total. The maximum atomic E-state index is 10.6. The molecule has 0 atom stereocenters. The molecule has 0 radical (unpaired) electrons. The van der Waals surface area contributed by atoms with Gasteiger partial charge in [-0.25, -0.2) is 0 Å². The lowest BCUT2D eigenvalue weighted by atomic mass is 9.93. The average Bonchev–Trinajstić information content (AvgIpc) is 2.86. The molecule has 1 aromatic heterocycles. The number of benzene rings is 2. The molecule has 2 aromatic carbocycles. The summed E-state index contributed by atoms with van der Waals surface area (Å²) in [4.78, 5) is 1.53.